The van der Waals surface area contributed by atoms with E-state index in [9.17, 15) is 4.79 Å². The van der Waals surface area contributed by atoms with Gasteiger partial charge in [-0.1, -0.05) is 0 Å². The normalized spacial score (nSPS) is 10.5. The zero-order chi connectivity index (χ0) is 7.84. The SMILES string of the molecule is O=C(O)n1ccc2[nH]ccc21. The van der Waals surface area contributed by atoms with Crippen LogP contribution in [0.1, 0.15) is 0 Å². The Bertz CT molecular complexity index is 399. The largest absolute Gasteiger partial charge is 0.464 e. The Morgan fingerprint density at radius 3 is 3.09 bits per heavy atom. The van der Waals surface area contributed by atoms with Gasteiger partial charge in [0.15, 0.2) is 0 Å². The molecule has 0 spiro atoms. The van der Waals surface area contributed by atoms with Crippen molar-refractivity contribution in [2.45, 2.75) is 0 Å². The summed E-state index contributed by atoms with van der Waals surface area (Å²) in [5, 5.41) is 8.64. The first kappa shape index (κ1) is 6.03. The summed E-state index contributed by atoms with van der Waals surface area (Å²) in [5.41, 5.74) is 1.53. The van der Waals surface area contributed by atoms with Gasteiger partial charge in [-0.2, -0.15) is 0 Å². The molecule has 0 aliphatic rings. The van der Waals surface area contributed by atoms with E-state index in [1.165, 1.54) is 10.8 Å². The highest BCUT2D eigenvalue weighted by atomic mass is 16.4. The van der Waals surface area contributed by atoms with Crippen LogP contribution in [-0.4, -0.2) is 20.8 Å². The highest BCUT2D eigenvalue weighted by Crippen LogP contribution is 2.12. The fourth-order valence-electron chi connectivity index (χ4n) is 1.11. The molecule has 0 amide bonds. The lowest BCUT2D eigenvalue weighted by atomic mass is 10.5. The first-order chi connectivity index (χ1) is 5.29. The summed E-state index contributed by atoms with van der Waals surface area (Å²) < 4.78 is 1.17. The highest BCUT2D eigenvalue weighted by molar-refractivity contribution is 5.86. The Balaban J connectivity index is 2.78. The zero-order valence-electron chi connectivity index (χ0n) is 5.61. The van der Waals surface area contributed by atoms with Crippen molar-refractivity contribution in [1.82, 2.24) is 9.55 Å². The summed E-state index contributed by atoms with van der Waals surface area (Å²) in [6.45, 7) is 0. The molecule has 2 rings (SSSR count). The predicted molar refractivity (Wildman–Crippen MR) is 39.7 cm³/mol. The quantitative estimate of drug-likeness (QED) is 0.597. The van der Waals surface area contributed by atoms with E-state index in [-0.39, 0.29) is 0 Å². The minimum absolute atomic E-state index is 0.692. The van der Waals surface area contributed by atoms with E-state index in [2.05, 4.69) is 4.98 Å². The van der Waals surface area contributed by atoms with E-state index < -0.39 is 6.09 Å². The van der Waals surface area contributed by atoms with Crippen LogP contribution in [0.25, 0.3) is 11.0 Å². The summed E-state index contributed by atoms with van der Waals surface area (Å²) in [7, 11) is 0. The summed E-state index contributed by atoms with van der Waals surface area (Å²) in [6, 6.07) is 3.45. The number of carbonyl (C=O) groups is 1. The number of fused-ring (bicyclic) bond motifs is 1. The number of nitrogens with one attached hydrogen (secondary N) is 1. The van der Waals surface area contributed by atoms with Crippen LogP contribution in [0.2, 0.25) is 0 Å². The molecule has 56 valence electrons. The lowest BCUT2D eigenvalue weighted by molar-refractivity contribution is 0.197. The van der Waals surface area contributed by atoms with Crippen LogP contribution in [0.3, 0.4) is 0 Å². The molecule has 2 N–H and O–H groups in total. The number of aromatic amines is 1. The first-order valence-corrected chi connectivity index (χ1v) is 3.17. The number of hydrogen-bond donors (Lipinski definition) is 2. The molecular formula is C7H6N2O2. The molecule has 4 nitrogen and oxygen atoms in total. The van der Waals surface area contributed by atoms with E-state index in [0.29, 0.717) is 5.52 Å². The third kappa shape index (κ3) is 0.724. The molecule has 0 unspecified atom stereocenters. The third-order valence-corrected chi connectivity index (χ3v) is 1.61. The van der Waals surface area contributed by atoms with Crippen LogP contribution in [0, 0.1) is 0 Å². The van der Waals surface area contributed by atoms with Crippen LogP contribution in [-0.2, 0) is 0 Å². The van der Waals surface area contributed by atoms with Gasteiger partial charge in [0.2, 0.25) is 0 Å². The second kappa shape index (κ2) is 1.88. The van der Waals surface area contributed by atoms with Gasteiger partial charge in [0.25, 0.3) is 0 Å². The second-order valence-electron chi connectivity index (χ2n) is 2.24. The molecule has 0 saturated carbocycles. The summed E-state index contributed by atoms with van der Waals surface area (Å²) >= 11 is 0. The summed E-state index contributed by atoms with van der Waals surface area (Å²) in [4.78, 5) is 13.4. The van der Waals surface area contributed by atoms with Crippen molar-refractivity contribution in [3.05, 3.63) is 24.5 Å². The van der Waals surface area contributed by atoms with Crippen LogP contribution in [0.5, 0.6) is 0 Å². The molecule has 2 aromatic rings. The molecular weight excluding hydrogens is 144 g/mol. The zero-order valence-corrected chi connectivity index (χ0v) is 5.61. The maximum atomic E-state index is 10.5. The average molecular weight is 150 g/mol. The lowest BCUT2D eigenvalue weighted by Gasteiger charge is -1.91. The van der Waals surface area contributed by atoms with Crippen molar-refractivity contribution in [3.63, 3.8) is 0 Å². The van der Waals surface area contributed by atoms with E-state index in [0.717, 1.165) is 5.52 Å². The van der Waals surface area contributed by atoms with Crippen molar-refractivity contribution in [3.8, 4) is 0 Å². The topological polar surface area (TPSA) is 58.0 Å². The molecule has 0 radical (unpaired) electrons. The molecule has 0 atom stereocenters. The Labute approximate surface area is 62.1 Å². The monoisotopic (exact) mass is 150 g/mol. The van der Waals surface area contributed by atoms with Crippen molar-refractivity contribution < 1.29 is 9.90 Å². The molecule has 0 aliphatic carbocycles. The van der Waals surface area contributed by atoms with Gasteiger partial charge in [-0.3, -0.25) is 4.57 Å². The fraction of sp³-hybridized carbons (Fsp3) is 0. The molecule has 0 aliphatic heterocycles. The van der Waals surface area contributed by atoms with Crippen molar-refractivity contribution in [2.24, 2.45) is 0 Å². The fourth-order valence-corrected chi connectivity index (χ4v) is 1.11. The maximum absolute atomic E-state index is 10.5. The molecule has 0 aromatic carbocycles. The molecule has 0 saturated heterocycles. The van der Waals surface area contributed by atoms with Gasteiger partial charge >= 0.3 is 6.09 Å². The number of aromatic nitrogens is 2. The minimum Gasteiger partial charge on any atom is -0.464 e. The molecule has 0 fully saturated rings. The predicted octanol–water partition coefficient (Wildman–Crippen LogP) is 1.50. The van der Waals surface area contributed by atoms with Crippen molar-refractivity contribution >= 4 is 17.1 Å². The van der Waals surface area contributed by atoms with Gasteiger partial charge in [-0.25, -0.2) is 4.79 Å². The highest BCUT2D eigenvalue weighted by Gasteiger charge is 2.05. The minimum atomic E-state index is -0.959. The Morgan fingerprint density at radius 1 is 1.55 bits per heavy atom. The van der Waals surface area contributed by atoms with Gasteiger partial charge in [0.1, 0.15) is 0 Å². The van der Waals surface area contributed by atoms with Crippen LogP contribution >= 0.6 is 0 Å². The molecule has 0 bridgehead atoms. The van der Waals surface area contributed by atoms with E-state index in [4.69, 9.17) is 5.11 Å². The maximum Gasteiger partial charge on any atom is 0.416 e. The Kier molecular flexibility index (Phi) is 1.03. The lowest BCUT2D eigenvalue weighted by Crippen LogP contribution is -2.04. The molecule has 2 heterocycles. The van der Waals surface area contributed by atoms with Gasteiger partial charge in [-0.05, 0) is 12.1 Å². The van der Waals surface area contributed by atoms with Crippen LogP contribution in [0.15, 0.2) is 24.5 Å². The van der Waals surface area contributed by atoms with Gasteiger partial charge < -0.3 is 10.1 Å². The smallest absolute Gasteiger partial charge is 0.416 e. The van der Waals surface area contributed by atoms with Crippen molar-refractivity contribution in [2.75, 3.05) is 0 Å². The van der Waals surface area contributed by atoms with Crippen LogP contribution < -0.4 is 0 Å². The van der Waals surface area contributed by atoms with Gasteiger partial charge in [0.05, 0.1) is 11.0 Å². The number of nitrogens with zero attached hydrogens (tertiary/aromatic N) is 1. The number of rotatable bonds is 0. The van der Waals surface area contributed by atoms with E-state index >= 15 is 0 Å². The standard InChI is InChI=1S/C7H6N2O2/c10-7(11)9-4-2-5-6(9)1-3-8-5/h1-4,8H,(H,10,11). The van der Waals surface area contributed by atoms with Crippen molar-refractivity contribution in [1.29, 1.82) is 0 Å². The van der Waals surface area contributed by atoms with Gasteiger partial charge in [0, 0.05) is 12.4 Å². The second-order valence-corrected chi connectivity index (χ2v) is 2.24. The van der Waals surface area contributed by atoms with Gasteiger partial charge in [-0.15, -0.1) is 0 Å². The third-order valence-electron chi connectivity index (χ3n) is 1.61. The average Bonchev–Trinajstić information content (AvgIpc) is 2.41. The number of carboxylic acid groups (broad SMARTS) is 1. The molecule has 11 heavy (non-hydrogen) atoms. The number of hydrogen-bond acceptors (Lipinski definition) is 1. The Morgan fingerprint density at radius 2 is 2.36 bits per heavy atom. The van der Waals surface area contributed by atoms with Crippen LogP contribution in [0.4, 0.5) is 4.79 Å². The molecule has 4 heteroatoms. The van der Waals surface area contributed by atoms with E-state index in [1.807, 2.05) is 0 Å². The Hall–Kier alpha value is -1.71. The first-order valence-electron chi connectivity index (χ1n) is 3.17. The summed E-state index contributed by atoms with van der Waals surface area (Å²) in [6.07, 6.45) is 2.27. The number of H-pyrrole nitrogens is 1. The van der Waals surface area contributed by atoms with E-state index in [1.54, 1.807) is 18.3 Å². The molecule has 2 aromatic heterocycles. The summed E-state index contributed by atoms with van der Waals surface area (Å²) in [5.74, 6) is 0.